The van der Waals surface area contributed by atoms with Gasteiger partial charge in [0.15, 0.2) is 0 Å². The van der Waals surface area contributed by atoms with Gasteiger partial charge in [0, 0.05) is 30.2 Å². The minimum absolute atomic E-state index is 0.280. The SMILES string of the molecule is COc1ccc(NC(=O)CC(=O)Nc2ccc(N3CCCC3)cc2)cc1Cl. The lowest BCUT2D eigenvalue weighted by molar-refractivity contribution is -0.123. The lowest BCUT2D eigenvalue weighted by Gasteiger charge is -2.17. The Kier molecular flexibility index (Phi) is 6.19. The Morgan fingerprint density at radius 1 is 1.00 bits per heavy atom. The van der Waals surface area contributed by atoms with Crippen LogP contribution in [-0.2, 0) is 9.59 Å². The molecule has 7 heteroatoms. The van der Waals surface area contributed by atoms with Crippen molar-refractivity contribution in [1.29, 1.82) is 0 Å². The summed E-state index contributed by atoms with van der Waals surface area (Å²) in [5.74, 6) is -0.270. The van der Waals surface area contributed by atoms with E-state index in [2.05, 4.69) is 15.5 Å². The molecule has 0 spiro atoms. The summed E-state index contributed by atoms with van der Waals surface area (Å²) in [7, 11) is 1.52. The first kappa shape index (κ1) is 19.0. The fourth-order valence-electron chi connectivity index (χ4n) is 3.03. The molecule has 0 atom stereocenters. The van der Waals surface area contributed by atoms with Crippen LogP contribution in [0.15, 0.2) is 42.5 Å². The van der Waals surface area contributed by atoms with Gasteiger partial charge in [0.1, 0.15) is 12.2 Å². The van der Waals surface area contributed by atoms with Crippen molar-refractivity contribution >= 4 is 40.5 Å². The van der Waals surface area contributed by atoms with E-state index in [-0.39, 0.29) is 12.3 Å². The Balaban J connectivity index is 1.51. The molecule has 142 valence electrons. The van der Waals surface area contributed by atoms with E-state index in [9.17, 15) is 9.59 Å². The molecule has 2 aromatic rings. The van der Waals surface area contributed by atoms with E-state index in [0.717, 1.165) is 18.8 Å². The number of carbonyl (C=O) groups excluding carboxylic acids is 2. The minimum Gasteiger partial charge on any atom is -0.495 e. The highest BCUT2D eigenvalue weighted by atomic mass is 35.5. The largest absolute Gasteiger partial charge is 0.495 e. The van der Waals surface area contributed by atoms with Gasteiger partial charge in [-0.15, -0.1) is 0 Å². The van der Waals surface area contributed by atoms with Crippen molar-refractivity contribution in [2.24, 2.45) is 0 Å². The second kappa shape index (κ2) is 8.77. The topological polar surface area (TPSA) is 70.7 Å². The predicted molar refractivity (Wildman–Crippen MR) is 108 cm³/mol. The van der Waals surface area contributed by atoms with Crippen molar-refractivity contribution in [3.8, 4) is 5.75 Å². The molecule has 3 rings (SSSR count). The van der Waals surface area contributed by atoms with E-state index in [1.807, 2.05) is 24.3 Å². The molecule has 27 heavy (non-hydrogen) atoms. The summed E-state index contributed by atoms with van der Waals surface area (Å²) in [4.78, 5) is 26.5. The summed E-state index contributed by atoms with van der Waals surface area (Å²) in [6, 6.07) is 12.6. The standard InChI is InChI=1S/C20H22ClN3O3/c1-27-18-9-6-15(12-17(18)21)23-20(26)13-19(25)22-14-4-7-16(8-5-14)24-10-2-3-11-24/h4-9,12H,2-3,10-11,13H2,1H3,(H,22,25)(H,23,26). The second-order valence-corrected chi connectivity index (χ2v) is 6.77. The summed E-state index contributed by atoms with van der Waals surface area (Å²) < 4.78 is 5.06. The van der Waals surface area contributed by atoms with Crippen molar-refractivity contribution in [3.63, 3.8) is 0 Å². The highest BCUT2D eigenvalue weighted by Crippen LogP contribution is 2.27. The van der Waals surface area contributed by atoms with Crippen molar-refractivity contribution < 1.29 is 14.3 Å². The molecule has 0 aromatic heterocycles. The third-order valence-corrected chi connectivity index (χ3v) is 4.67. The Morgan fingerprint density at radius 2 is 1.59 bits per heavy atom. The van der Waals surface area contributed by atoms with E-state index in [1.54, 1.807) is 18.2 Å². The zero-order valence-corrected chi connectivity index (χ0v) is 15.9. The molecular weight excluding hydrogens is 366 g/mol. The quantitative estimate of drug-likeness (QED) is 0.737. The van der Waals surface area contributed by atoms with Crippen LogP contribution in [0.5, 0.6) is 5.75 Å². The van der Waals surface area contributed by atoms with Crippen LogP contribution < -0.4 is 20.3 Å². The van der Waals surface area contributed by atoms with Gasteiger partial charge in [0.2, 0.25) is 11.8 Å². The molecule has 0 bridgehead atoms. The van der Waals surface area contributed by atoms with E-state index in [0.29, 0.717) is 22.1 Å². The van der Waals surface area contributed by atoms with Crippen LogP contribution in [0.4, 0.5) is 17.1 Å². The molecule has 2 amide bonds. The summed E-state index contributed by atoms with van der Waals surface area (Å²) in [6.45, 7) is 2.14. The van der Waals surface area contributed by atoms with Crippen LogP contribution in [0, 0.1) is 0 Å². The summed E-state index contributed by atoms with van der Waals surface area (Å²) in [5.41, 5.74) is 2.33. The van der Waals surface area contributed by atoms with E-state index < -0.39 is 5.91 Å². The Morgan fingerprint density at radius 3 is 2.19 bits per heavy atom. The summed E-state index contributed by atoms with van der Waals surface area (Å²) >= 11 is 6.03. The maximum atomic E-state index is 12.1. The molecule has 1 aliphatic heterocycles. The number of anilines is 3. The van der Waals surface area contributed by atoms with Gasteiger partial charge in [0.25, 0.3) is 0 Å². The number of hydrogen-bond acceptors (Lipinski definition) is 4. The third-order valence-electron chi connectivity index (χ3n) is 4.38. The highest BCUT2D eigenvalue weighted by Gasteiger charge is 2.13. The number of nitrogens with one attached hydrogen (secondary N) is 2. The molecular formula is C20H22ClN3O3. The van der Waals surface area contributed by atoms with Crippen LogP contribution in [0.1, 0.15) is 19.3 Å². The van der Waals surface area contributed by atoms with Crippen LogP contribution in [0.25, 0.3) is 0 Å². The van der Waals surface area contributed by atoms with Gasteiger partial charge in [-0.2, -0.15) is 0 Å². The molecule has 2 N–H and O–H groups in total. The van der Waals surface area contributed by atoms with Gasteiger partial charge < -0.3 is 20.3 Å². The van der Waals surface area contributed by atoms with Gasteiger partial charge in [-0.05, 0) is 55.3 Å². The highest BCUT2D eigenvalue weighted by molar-refractivity contribution is 6.32. The molecule has 0 aliphatic carbocycles. The van der Waals surface area contributed by atoms with Crippen LogP contribution in [-0.4, -0.2) is 32.0 Å². The number of rotatable bonds is 6. The van der Waals surface area contributed by atoms with Crippen molar-refractivity contribution in [2.45, 2.75) is 19.3 Å². The molecule has 6 nitrogen and oxygen atoms in total. The summed E-state index contributed by atoms with van der Waals surface area (Å²) in [5, 5.41) is 5.78. The van der Waals surface area contributed by atoms with Crippen molar-refractivity contribution in [2.75, 3.05) is 35.7 Å². The van der Waals surface area contributed by atoms with Crippen LogP contribution >= 0.6 is 11.6 Å². The Bertz CT molecular complexity index is 818. The molecule has 1 aliphatic rings. The van der Waals surface area contributed by atoms with E-state index in [1.165, 1.54) is 20.0 Å². The predicted octanol–water partition coefficient (Wildman–Crippen LogP) is 3.92. The van der Waals surface area contributed by atoms with Gasteiger partial charge in [-0.3, -0.25) is 9.59 Å². The number of ether oxygens (including phenoxy) is 1. The molecule has 2 aromatic carbocycles. The normalized spacial score (nSPS) is 13.3. The smallest absolute Gasteiger partial charge is 0.233 e. The zero-order valence-electron chi connectivity index (χ0n) is 15.1. The molecule has 0 unspecified atom stereocenters. The molecule has 0 radical (unpaired) electrons. The van der Waals surface area contributed by atoms with Crippen molar-refractivity contribution in [1.82, 2.24) is 0 Å². The zero-order chi connectivity index (χ0) is 19.2. The molecule has 1 heterocycles. The third kappa shape index (κ3) is 5.14. The number of amides is 2. The van der Waals surface area contributed by atoms with E-state index >= 15 is 0 Å². The Labute approximate surface area is 163 Å². The first-order valence-electron chi connectivity index (χ1n) is 8.83. The number of hydrogen-bond donors (Lipinski definition) is 2. The van der Waals surface area contributed by atoms with E-state index in [4.69, 9.17) is 16.3 Å². The average molecular weight is 388 g/mol. The lowest BCUT2D eigenvalue weighted by Crippen LogP contribution is -2.21. The molecule has 0 saturated carbocycles. The lowest BCUT2D eigenvalue weighted by atomic mass is 10.2. The molecule has 1 saturated heterocycles. The molecule has 1 fully saturated rings. The van der Waals surface area contributed by atoms with Gasteiger partial charge >= 0.3 is 0 Å². The van der Waals surface area contributed by atoms with Crippen LogP contribution in [0.3, 0.4) is 0 Å². The van der Waals surface area contributed by atoms with Gasteiger partial charge in [-0.1, -0.05) is 11.6 Å². The summed E-state index contributed by atoms with van der Waals surface area (Å²) in [6.07, 6.45) is 2.15. The Hall–Kier alpha value is -2.73. The van der Waals surface area contributed by atoms with Crippen molar-refractivity contribution in [3.05, 3.63) is 47.5 Å². The van der Waals surface area contributed by atoms with Gasteiger partial charge in [0.05, 0.1) is 12.1 Å². The first-order chi connectivity index (χ1) is 13.0. The number of methoxy groups -OCH3 is 1. The van der Waals surface area contributed by atoms with Crippen LogP contribution in [0.2, 0.25) is 5.02 Å². The number of nitrogens with zero attached hydrogens (tertiary/aromatic N) is 1. The first-order valence-corrected chi connectivity index (χ1v) is 9.21. The number of benzene rings is 2. The average Bonchev–Trinajstić information content (AvgIpc) is 3.17. The van der Waals surface area contributed by atoms with Gasteiger partial charge in [-0.25, -0.2) is 0 Å². The fraction of sp³-hybridized carbons (Fsp3) is 0.300. The maximum absolute atomic E-state index is 12.1. The minimum atomic E-state index is -0.414. The fourth-order valence-corrected chi connectivity index (χ4v) is 3.29. The monoisotopic (exact) mass is 387 g/mol. The number of carbonyl (C=O) groups is 2. The number of halogens is 1. The second-order valence-electron chi connectivity index (χ2n) is 6.36. The maximum Gasteiger partial charge on any atom is 0.233 e.